The Labute approximate surface area is 107 Å². The van der Waals surface area contributed by atoms with Crippen LogP contribution in [0.4, 0.5) is 5.69 Å². The Morgan fingerprint density at radius 3 is 2.50 bits per heavy atom. The smallest absolute Gasteiger partial charge is 0.251 e. The minimum Gasteiger partial charge on any atom is -0.399 e. The molecular weight excluding hydrogens is 254 g/mol. The molecule has 0 aromatic heterocycles. The molecule has 0 spiro atoms. The lowest BCUT2D eigenvalue weighted by Gasteiger charge is -2.07. The van der Waals surface area contributed by atoms with Gasteiger partial charge >= 0.3 is 0 Å². The summed E-state index contributed by atoms with van der Waals surface area (Å²) in [6.07, 6.45) is 1.07. The van der Waals surface area contributed by atoms with Gasteiger partial charge in [0.2, 0.25) is 10.0 Å². The fraction of sp³-hybridized carbons (Fsp3) is 0.364. The number of benzene rings is 1. The normalized spacial score (nSPS) is 11.2. The van der Waals surface area contributed by atoms with E-state index in [1.54, 1.807) is 18.2 Å². The highest BCUT2D eigenvalue weighted by Gasteiger charge is 2.06. The largest absolute Gasteiger partial charge is 0.399 e. The molecule has 1 amide bonds. The molecular formula is C11H17N3O3S. The first-order chi connectivity index (χ1) is 8.28. The van der Waals surface area contributed by atoms with Crippen molar-refractivity contribution >= 4 is 21.6 Å². The van der Waals surface area contributed by atoms with Crippen LogP contribution in [-0.2, 0) is 10.0 Å². The number of anilines is 1. The average molecular weight is 271 g/mol. The van der Waals surface area contributed by atoms with E-state index in [-0.39, 0.29) is 19.0 Å². The first-order valence-electron chi connectivity index (χ1n) is 5.38. The zero-order chi connectivity index (χ0) is 13.8. The van der Waals surface area contributed by atoms with Crippen molar-refractivity contribution in [2.45, 2.75) is 6.92 Å². The molecule has 0 radical (unpaired) electrons. The maximum Gasteiger partial charge on any atom is 0.251 e. The number of nitrogens with two attached hydrogens (primary N) is 1. The summed E-state index contributed by atoms with van der Waals surface area (Å²) in [7, 11) is -3.22. The number of sulfonamides is 1. The van der Waals surface area contributed by atoms with Gasteiger partial charge < -0.3 is 11.1 Å². The van der Waals surface area contributed by atoms with Gasteiger partial charge in [-0.3, -0.25) is 4.79 Å². The number of nitrogen functional groups attached to an aromatic ring is 1. The van der Waals surface area contributed by atoms with E-state index in [4.69, 9.17) is 5.73 Å². The van der Waals surface area contributed by atoms with Crippen LogP contribution < -0.4 is 15.8 Å². The molecule has 0 aliphatic heterocycles. The molecule has 1 rings (SSSR count). The van der Waals surface area contributed by atoms with Gasteiger partial charge in [0.25, 0.3) is 5.91 Å². The number of carbonyl (C=O) groups is 1. The van der Waals surface area contributed by atoms with Crippen molar-refractivity contribution in [3.8, 4) is 0 Å². The lowest BCUT2D eigenvalue weighted by molar-refractivity contribution is 0.0954. The van der Waals surface area contributed by atoms with E-state index in [0.717, 1.165) is 11.8 Å². The lowest BCUT2D eigenvalue weighted by Crippen LogP contribution is -2.34. The Morgan fingerprint density at radius 2 is 1.94 bits per heavy atom. The number of aryl methyl sites for hydroxylation is 1. The molecule has 4 N–H and O–H groups in total. The number of nitrogens with one attached hydrogen (secondary N) is 2. The van der Waals surface area contributed by atoms with Gasteiger partial charge in [-0.25, -0.2) is 13.1 Å². The third-order valence-electron chi connectivity index (χ3n) is 2.14. The Hall–Kier alpha value is -1.60. The van der Waals surface area contributed by atoms with Crippen LogP contribution in [0.25, 0.3) is 0 Å². The molecule has 0 fully saturated rings. The second-order valence-electron chi connectivity index (χ2n) is 4.05. The quantitative estimate of drug-likeness (QED) is 0.512. The van der Waals surface area contributed by atoms with Gasteiger partial charge in [-0.05, 0) is 30.7 Å². The monoisotopic (exact) mass is 271 g/mol. The summed E-state index contributed by atoms with van der Waals surface area (Å²) in [4.78, 5) is 11.7. The zero-order valence-corrected chi connectivity index (χ0v) is 11.2. The summed E-state index contributed by atoms with van der Waals surface area (Å²) in [5.41, 5.74) is 7.52. The number of carbonyl (C=O) groups excluding carboxylic acids is 1. The molecule has 0 saturated carbocycles. The molecule has 0 heterocycles. The average Bonchev–Trinajstić information content (AvgIpc) is 2.21. The summed E-state index contributed by atoms with van der Waals surface area (Å²) in [6.45, 7) is 2.23. The Bertz CT molecular complexity index is 520. The molecule has 0 bridgehead atoms. The van der Waals surface area contributed by atoms with Crippen molar-refractivity contribution < 1.29 is 13.2 Å². The highest BCUT2D eigenvalue weighted by Crippen LogP contribution is 2.10. The van der Waals surface area contributed by atoms with Crippen molar-refractivity contribution in [1.29, 1.82) is 0 Å². The van der Waals surface area contributed by atoms with Gasteiger partial charge in [0.15, 0.2) is 0 Å². The second kappa shape index (κ2) is 5.83. The van der Waals surface area contributed by atoms with Gasteiger partial charge in [0.1, 0.15) is 0 Å². The fourth-order valence-electron chi connectivity index (χ4n) is 1.46. The van der Waals surface area contributed by atoms with Crippen LogP contribution in [-0.4, -0.2) is 33.7 Å². The Balaban J connectivity index is 2.51. The van der Waals surface area contributed by atoms with Crippen LogP contribution in [0.5, 0.6) is 0 Å². The van der Waals surface area contributed by atoms with Crippen LogP contribution in [0, 0.1) is 6.92 Å². The molecule has 6 nitrogen and oxygen atoms in total. The van der Waals surface area contributed by atoms with E-state index >= 15 is 0 Å². The van der Waals surface area contributed by atoms with Crippen LogP contribution in [0.15, 0.2) is 18.2 Å². The van der Waals surface area contributed by atoms with Crippen molar-refractivity contribution in [3.63, 3.8) is 0 Å². The SMILES string of the molecule is Cc1cc(N)cc(C(=O)NCCNS(C)(=O)=O)c1. The van der Waals surface area contributed by atoms with Crippen molar-refractivity contribution in [3.05, 3.63) is 29.3 Å². The number of hydrogen-bond acceptors (Lipinski definition) is 4. The molecule has 18 heavy (non-hydrogen) atoms. The molecule has 0 saturated heterocycles. The molecule has 100 valence electrons. The zero-order valence-electron chi connectivity index (χ0n) is 10.4. The number of amides is 1. The van der Waals surface area contributed by atoms with Crippen LogP contribution >= 0.6 is 0 Å². The molecule has 1 aromatic carbocycles. The highest BCUT2D eigenvalue weighted by molar-refractivity contribution is 7.88. The van der Waals surface area contributed by atoms with Gasteiger partial charge in [-0.2, -0.15) is 0 Å². The van der Waals surface area contributed by atoms with Crippen molar-refractivity contribution in [2.24, 2.45) is 0 Å². The summed E-state index contributed by atoms with van der Waals surface area (Å²) in [6, 6.07) is 5.06. The summed E-state index contributed by atoms with van der Waals surface area (Å²) in [5.74, 6) is -0.277. The van der Waals surface area contributed by atoms with Crippen molar-refractivity contribution in [2.75, 3.05) is 25.1 Å². The van der Waals surface area contributed by atoms with E-state index in [1.807, 2.05) is 6.92 Å². The molecule has 0 aliphatic carbocycles. The first-order valence-corrected chi connectivity index (χ1v) is 7.27. The van der Waals surface area contributed by atoms with E-state index in [9.17, 15) is 13.2 Å². The lowest BCUT2D eigenvalue weighted by atomic mass is 10.1. The van der Waals surface area contributed by atoms with Crippen LogP contribution in [0.1, 0.15) is 15.9 Å². The van der Waals surface area contributed by atoms with Crippen LogP contribution in [0.2, 0.25) is 0 Å². The third kappa shape index (κ3) is 5.15. The van der Waals surface area contributed by atoms with E-state index in [2.05, 4.69) is 10.0 Å². The summed E-state index contributed by atoms with van der Waals surface area (Å²) >= 11 is 0. The van der Waals surface area contributed by atoms with Gasteiger partial charge in [0.05, 0.1) is 6.26 Å². The molecule has 0 aliphatic rings. The molecule has 7 heteroatoms. The van der Waals surface area contributed by atoms with Gasteiger partial charge in [-0.1, -0.05) is 0 Å². The van der Waals surface area contributed by atoms with Crippen LogP contribution in [0.3, 0.4) is 0 Å². The van der Waals surface area contributed by atoms with Gasteiger partial charge in [0, 0.05) is 24.3 Å². The molecule has 1 aromatic rings. The van der Waals surface area contributed by atoms with E-state index < -0.39 is 10.0 Å². The number of rotatable bonds is 5. The minimum absolute atomic E-state index is 0.159. The predicted molar refractivity (Wildman–Crippen MR) is 70.8 cm³/mol. The molecule has 0 unspecified atom stereocenters. The Morgan fingerprint density at radius 1 is 1.28 bits per heavy atom. The Kier molecular flexibility index (Phi) is 4.69. The minimum atomic E-state index is -3.22. The van der Waals surface area contributed by atoms with E-state index in [0.29, 0.717) is 11.3 Å². The van der Waals surface area contributed by atoms with Crippen molar-refractivity contribution in [1.82, 2.24) is 10.0 Å². The van der Waals surface area contributed by atoms with Gasteiger partial charge in [-0.15, -0.1) is 0 Å². The third-order valence-corrected chi connectivity index (χ3v) is 2.87. The second-order valence-corrected chi connectivity index (χ2v) is 5.89. The predicted octanol–water partition coefficient (Wildman–Crippen LogP) is -0.144. The topological polar surface area (TPSA) is 101 Å². The number of hydrogen-bond donors (Lipinski definition) is 3. The first kappa shape index (κ1) is 14.5. The summed E-state index contributed by atoms with van der Waals surface area (Å²) < 4.78 is 23.9. The molecule has 0 atom stereocenters. The maximum atomic E-state index is 11.7. The summed E-state index contributed by atoms with van der Waals surface area (Å²) in [5, 5.41) is 2.60. The standard InChI is InChI=1S/C11H17N3O3S/c1-8-5-9(7-10(12)6-8)11(15)13-3-4-14-18(2,16)17/h5-7,14H,3-4,12H2,1-2H3,(H,13,15). The van der Waals surface area contributed by atoms with E-state index in [1.165, 1.54) is 0 Å². The maximum absolute atomic E-state index is 11.7. The highest BCUT2D eigenvalue weighted by atomic mass is 32.2. The fourth-order valence-corrected chi connectivity index (χ4v) is 1.93.